The van der Waals surface area contributed by atoms with Gasteiger partial charge in [0.2, 0.25) is 4.96 Å². The van der Waals surface area contributed by atoms with Crippen LogP contribution in [0.4, 0.5) is 4.39 Å². The van der Waals surface area contributed by atoms with Crippen LogP contribution in [0.2, 0.25) is 0 Å². The summed E-state index contributed by atoms with van der Waals surface area (Å²) in [5.74, 6) is 0.113. The maximum absolute atomic E-state index is 13.2. The van der Waals surface area contributed by atoms with Crippen molar-refractivity contribution < 1.29 is 4.39 Å². The lowest BCUT2D eigenvalue weighted by atomic mass is 10.1. The van der Waals surface area contributed by atoms with Crippen LogP contribution in [0.25, 0.3) is 40.1 Å². The van der Waals surface area contributed by atoms with Crippen LogP contribution in [0.1, 0.15) is 17.0 Å². The molecule has 0 saturated heterocycles. The Bertz CT molecular complexity index is 1860. The van der Waals surface area contributed by atoms with Crippen LogP contribution in [-0.4, -0.2) is 24.4 Å². The Kier molecular flexibility index (Phi) is 6.07. The number of halogens is 2. The van der Waals surface area contributed by atoms with Crippen LogP contribution in [0, 0.1) is 5.82 Å². The van der Waals surface area contributed by atoms with E-state index in [-0.39, 0.29) is 11.4 Å². The van der Waals surface area contributed by atoms with Crippen LogP contribution in [0.15, 0.2) is 94.3 Å². The van der Waals surface area contributed by atoms with Crippen molar-refractivity contribution in [3.63, 3.8) is 0 Å². The van der Waals surface area contributed by atoms with Crippen LogP contribution in [-0.2, 0) is 0 Å². The van der Waals surface area contributed by atoms with E-state index in [0.717, 1.165) is 32.5 Å². The first-order chi connectivity index (χ1) is 18.0. The summed E-state index contributed by atoms with van der Waals surface area (Å²) in [5.41, 5.74) is 3.99. The normalized spacial score (nSPS) is 12.2. The van der Waals surface area contributed by atoms with Crippen molar-refractivity contribution in [2.75, 3.05) is 0 Å². The second kappa shape index (κ2) is 9.68. The summed E-state index contributed by atoms with van der Waals surface area (Å²) >= 11 is 4.75. The zero-order valence-electron chi connectivity index (χ0n) is 19.1. The van der Waals surface area contributed by atoms with E-state index >= 15 is 0 Å². The molecule has 0 unspecified atom stereocenters. The van der Waals surface area contributed by atoms with Crippen molar-refractivity contribution in [1.29, 1.82) is 0 Å². The van der Waals surface area contributed by atoms with E-state index in [9.17, 15) is 9.18 Å². The van der Waals surface area contributed by atoms with E-state index in [4.69, 9.17) is 5.10 Å². The molecule has 9 heteroatoms. The second-order valence-electron chi connectivity index (χ2n) is 8.19. The molecule has 0 spiro atoms. The van der Waals surface area contributed by atoms with Crippen LogP contribution in [0.5, 0.6) is 0 Å². The Labute approximate surface area is 222 Å². The number of hydrogen-bond acceptors (Lipinski definition) is 5. The number of thiazole rings is 1. The Morgan fingerprint density at radius 3 is 2.38 bits per heavy atom. The molecule has 0 aliphatic heterocycles. The third kappa shape index (κ3) is 4.78. The van der Waals surface area contributed by atoms with E-state index < -0.39 is 0 Å². The number of rotatable bonds is 5. The SMILES string of the molecule is O=c1/c(=C/c2cn(-c3ccccc3)nc2-c2ccc(Br)cc2)sc2nc(/C=C/c3ccc(F)cc3)nn12. The highest BCUT2D eigenvalue weighted by Gasteiger charge is 2.14. The lowest BCUT2D eigenvalue weighted by Crippen LogP contribution is -2.23. The molecule has 3 aromatic carbocycles. The van der Waals surface area contributed by atoms with Gasteiger partial charge in [-0.25, -0.2) is 9.07 Å². The lowest BCUT2D eigenvalue weighted by molar-refractivity contribution is 0.628. The number of para-hydroxylation sites is 1. The molecular formula is C28H17BrFN5OS. The first-order valence-corrected chi connectivity index (χ1v) is 12.9. The van der Waals surface area contributed by atoms with E-state index in [1.54, 1.807) is 24.3 Å². The first kappa shape index (κ1) is 23.2. The maximum atomic E-state index is 13.2. The number of benzene rings is 3. The number of hydrogen-bond donors (Lipinski definition) is 0. The van der Waals surface area contributed by atoms with E-state index in [1.165, 1.54) is 28.0 Å². The summed E-state index contributed by atoms with van der Waals surface area (Å²) in [6.07, 6.45) is 7.23. The van der Waals surface area contributed by atoms with Gasteiger partial charge >= 0.3 is 0 Å². The van der Waals surface area contributed by atoms with Crippen molar-refractivity contribution in [3.8, 4) is 16.9 Å². The van der Waals surface area contributed by atoms with Gasteiger partial charge in [0.1, 0.15) is 5.82 Å². The van der Waals surface area contributed by atoms with Gasteiger partial charge in [-0.05, 0) is 54.1 Å². The molecule has 0 bridgehead atoms. The molecule has 6 rings (SSSR count). The van der Waals surface area contributed by atoms with Crippen LogP contribution < -0.4 is 10.1 Å². The topological polar surface area (TPSA) is 65.1 Å². The molecule has 0 aliphatic rings. The number of fused-ring (bicyclic) bond motifs is 1. The minimum absolute atomic E-state index is 0.247. The molecule has 3 heterocycles. The standard InChI is InChI=1S/C28H17BrFN5OS/c29-21-11-9-19(10-12-21)26-20(17-34(33-26)23-4-2-1-3-5-23)16-24-27(36)35-28(37-24)31-25(32-35)15-8-18-6-13-22(30)14-7-18/h1-17H/b15-8+,24-16-. The average Bonchev–Trinajstić information content (AvgIpc) is 3.60. The highest BCUT2D eigenvalue weighted by atomic mass is 79.9. The van der Waals surface area contributed by atoms with Gasteiger partial charge in [-0.2, -0.15) is 14.6 Å². The lowest BCUT2D eigenvalue weighted by Gasteiger charge is -2.00. The Morgan fingerprint density at radius 1 is 0.892 bits per heavy atom. The van der Waals surface area contributed by atoms with Gasteiger partial charge < -0.3 is 0 Å². The molecule has 0 atom stereocenters. The second-order valence-corrected chi connectivity index (χ2v) is 10.1. The highest BCUT2D eigenvalue weighted by Crippen LogP contribution is 2.26. The number of aromatic nitrogens is 5. The number of nitrogens with zero attached hydrogens (tertiary/aromatic N) is 5. The predicted molar refractivity (Wildman–Crippen MR) is 148 cm³/mol. The molecule has 37 heavy (non-hydrogen) atoms. The average molecular weight is 570 g/mol. The molecule has 0 N–H and O–H groups in total. The summed E-state index contributed by atoms with van der Waals surface area (Å²) in [5, 5.41) is 9.17. The minimum Gasteiger partial charge on any atom is -0.266 e. The van der Waals surface area contributed by atoms with Gasteiger partial charge in [0, 0.05) is 21.8 Å². The van der Waals surface area contributed by atoms with Gasteiger partial charge in [0.25, 0.3) is 5.56 Å². The molecule has 0 fully saturated rings. The fourth-order valence-electron chi connectivity index (χ4n) is 3.84. The van der Waals surface area contributed by atoms with Crippen molar-refractivity contribution >= 4 is 50.5 Å². The summed E-state index contributed by atoms with van der Waals surface area (Å²) in [7, 11) is 0. The van der Waals surface area contributed by atoms with Gasteiger partial charge in [-0.1, -0.05) is 75.8 Å². The Balaban J connectivity index is 1.40. The fraction of sp³-hybridized carbons (Fsp3) is 0. The quantitative estimate of drug-likeness (QED) is 0.270. The molecule has 0 radical (unpaired) electrons. The third-order valence-electron chi connectivity index (χ3n) is 5.66. The summed E-state index contributed by atoms with van der Waals surface area (Å²) in [6, 6.07) is 23.8. The van der Waals surface area contributed by atoms with Crippen molar-refractivity contribution in [3.05, 3.63) is 127 Å². The smallest absolute Gasteiger partial charge is 0.266 e. The zero-order valence-corrected chi connectivity index (χ0v) is 21.5. The molecule has 180 valence electrons. The fourth-order valence-corrected chi connectivity index (χ4v) is 5.01. The van der Waals surface area contributed by atoms with Gasteiger partial charge in [-0.3, -0.25) is 4.79 Å². The van der Waals surface area contributed by atoms with E-state index in [1.807, 2.05) is 71.6 Å². The monoisotopic (exact) mass is 569 g/mol. The Morgan fingerprint density at radius 2 is 1.65 bits per heavy atom. The van der Waals surface area contributed by atoms with Crippen molar-refractivity contribution in [1.82, 2.24) is 24.4 Å². The molecule has 0 amide bonds. The van der Waals surface area contributed by atoms with Crippen molar-refractivity contribution in [2.24, 2.45) is 0 Å². The van der Waals surface area contributed by atoms with Gasteiger partial charge in [0.15, 0.2) is 5.82 Å². The molecule has 6 nitrogen and oxygen atoms in total. The zero-order chi connectivity index (χ0) is 25.4. The highest BCUT2D eigenvalue weighted by molar-refractivity contribution is 9.10. The molecule has 6 aromatic rings. The van der Waals surface area contributed by atoms with Gasteiger partial charge in [-0.15, -0.1) is 5.10 Å². The first-order valence-electron chi connectivity index (χ1n) is 11.3. The minimum atomic E-state index is -0.296. The third-order valence-corrected chi connectivity index (χ3v) is 7.15. The van der Waals surface area contributed by atoms with Crippen LogP contribution in [0.3, 0.4) is 0 Å². The molecule has 0 saturated carbocycles. The maximum Gasteiger partial charge on any atom is 0.291 e. The predicted octanol–water partition coefficient (Wildman–Crippen LogP) is 5.62. The van der Waals surface area contributed by atoms with E-state index in [0.29, 0.717) is 15.3 Å². The largest absolute Gasteiger partial charge is 0.291 e. The molecule has 3 aromatic heterocycles. The van der Waals surface area contributed by atoms with Crippen molar-refractivity contribution in [2.45, 2.75) is 0 Å². The summed E-state index contributed by atoms with van der Waals surface area (Å²) in [4.78, 5) is 18.1. The summed E-state index contributed by atoms with van der Waals surface area (Å²) in [6.45, 7) is 0. The van der Waals surface area contributed by atoms with Gasteiger partial charge in [0.05, 0.1) is 15.9 Å². The Hall–Kier alpha value is -4.21. The molecule has 0 aliphatic carbocycles. The molecular weight excluding hydrogens is 553 g/mol. The van der Waals surface area contributed by atoms with E-state index in [2.05, 4.69) is 26.0 Å². The summed E-state index contributed by atoms with van der Waals surface area (Å²) < 4.78 is 17.7. The van der Waals surface area contributed by atoms with Crippen LogP contribution >= 0.6 is 27.3 Å².